The number of rotatable bonds is 5. The highest BCUT2D eigenvalue weighted by Crippen LogP contribution is 2.23. The van der Waals surface area contributed by atoms with E-state index in [0.29, 0.717) is 6.04 Å². The summed E-state index contributed by atoms with van der Waals surface area (Å²) < 4.78 is 0.948. The minimum absolute atomic E-state index is 0.489. The van der Waals surface area contributed by atoms with Gasteiger partial charge in [0.15, 0.2) is 0 Å². The molecule has 1 aromatic heterocycles. The Morgan fingerprint density at radius 2 is 2.33 bits per heavy atom. The molecule has 0 radical (unpaired) electrons. The number of hydrogen-bond donors (Lipinski definition) is 0. The Balaban J connectivity index is 2.67. The number of nitrogens with zero attached hydrogens (tertiary/aromatic N) is 3. The first kappa shape index (κ1) is 12.8. The van der Waals surface area contributed by atoms with Crippen molar-refractivity contribution < 1.29 is 0 Å². The van der Waals surface area contributed by atoms with E-state index in [1.807, 2.05) is 11.8 Å². The molecule has 0 aliphatic rings. The minimum Gasteiger partial charge on any atom is -0.356 e. The Kier molecular flexibility index (Phi) is 5.39. The van der Waals surface area contributed by atoms with Gasteiger partial charge in [-0.1, -0.05) is 0 Å². The van der Waals surface area contributed by atoms with Crippen molar-refractivity contribution in [3.8, 4) is 0 Å². The lowest BCUT2D eigenvalue weighted by Crippen LogP contribution is -2.30. The van der Waals surface area contributed by atoms with Crippen molar-refractivity contribution in [3.05, 3.63) is 17.0 Å². The van der Waals surface area contributed by atoms with Gasteiger partial charge in [-0.25, -0.2) is 9.97 Å². The summed E-state index contributed by atoms with van der Waals surface area (Å²) in [4.78, 5) is 10.4. The topological polar surface area (TPSA) is 29.0 Å². The van der Waals surface area contributed by atoms with Crippen LogP contribution in [0.1, 0.15) is 13.3 Å². The fourth-order valence-electron chi connectivity index (χ4n) is 1.26. The summed E-state index contributed by atoms with van der Waals surface area (Å²) >= 11 is 5.34. The van der Waals surface area contributed by atoms with E-state index in [0.717, 1.165) is 16.7 Å². The van der Waals surface area contributed by atoms with Crippen molar-refractivity contribution in [3.63, 3.8) is 0 Å². The molecule has 1 atom stereocenters. The van der Waals surface area contributed by atoms with Crippen molar-refractivity contribution in [2.24, 2.45) is 0 Å². The van der Waals surface area contributed by atoms with Gasteiger partial charge in [0.1, 0.15) is 12.1 Å². The molecule has 0 amide bonds. The molecule has 3 nitrogen and oxygen atoms in total. The van der Waals surface area contributed by atoms with E-state index in [4.69, 9.17) is 0 Å². The zero-order valence-electron chi connectivity index (χ0n) is 9.27. The number of aromatic nitrogens is 2. The van der Waals surface area contributed by atoms with E-state index in [1.54, 1.807) is 12.5 Å². The first-order valence-corrected chi connectivity index (χ1v) is 7.02. The van der Waals surface area contributed by atoms with E-state index in [9.17, 15) is 0 Å². The van der Waals surface area contributed by atoms with Gasteiger partial charge in [-0.3, -0.25) is 0 Å². The number of anilines is 1. The van der Waals surface area contributed by atoms with E-state index < -0.39 is 0 Å². The quantitative estimate of drug-likeness (QED) is 0.834. The zero-order chi connectivity index (χ0) is 11.3. The third-order valence-corrected chi connectivity index (χ3v) is 3.59. The normalized spacial score (nSPS) is 12.5. The Bertz CT molecular complexity index is 308. The van der Waals surface area contributed by atoms with E-state index in [-0.39, 0.29) is 0 Å². The maximum absolute atomic E-state index is 4.27. The molecule has 0 saturated carbocycles. The monoisotopic (exact) mass is 289 g/mol. The first-order valence-electron chi connectivity index (χ1n) is 4.84. The van der Waals surface area contributed by atoms with Crippen LogP contribution < -0.4 is 4.90 Å². The van der Waals surface area contributed by atoms with Crippen LogP contribution in [0.25, 0.3) is 0 Å². The molecule has 0 aliphatic heterocycles. The number of halogens is 1. The van der Waals surface area contributed by atoms with Gasteiger partial charge >= 0.3 is 0 Å². The van der Waals surface area contributed by atoms with Gasteiger partial charge < -0.3 is 4.90 Å². The summed E-state index contributed by atoms with van der Waals surface area (Å²) in [6.45, 7) is 2.21. The van der Waals surface area contributed by atoms with Crippen molar-refractivity contribution in [2.45, 2.75) is 19.4 Å². The van der Waals surface area contributed by atoms with E-state index >= 15 is 0 Å². The highest BCUT2D eigenvalue weighted by atomic mass is 79.9. The third kappa shape index (κ3) is 3.65. The third-order valence-electron chi connectivity index (χ3n) is 2.38. The van der Waals surface area contributed by atoms with Gasteiger partial charge in [-0.05, 0) is 41.3 Å². The van der Waals surface area contributed by atoms with Crippen LogP contribution in [-0.2, 0) is 0 Å². The average molecular weight is 290 g/mol. The Morgan fingerprint density at radius 3 is 2.93 bits per heavy atom. The maximum atomic E-state index is 4.27. The van der Waals surface area contributed by atoms with E-state index in [2.05, 4.69) is 51.0 Å². The molecule has 0 fully saturated rings. The van der Waals surface area contributed by atoms with Gasteiger partial charge in [0, 0.05) is 19.3 Å². The highest BCUT2D eigenvalue weighted by molar-refractivity contribution is 9.10. The summed E-state index contributed by atoms with van der Waals surface area (Å²) in [5, 5.41) is 0. The summed E-state index contributed by atoms with van der Waals surface area (Å²) in [5.74, 6) is 2.13. The van der Waals surface area contributed by atoms with Crippen LogP contribution >= 0.6 is 27.7 Å². The van der Waals surface area contributed by atoms with Gasteiger partial charge in [-0.2, -0.15) is 11.8 Å². The predicted molar refractivity (Wildman–Crippen MR) is 70.6 cm³/mol. The van der Waals surface area contributed by atoms with Crippen LogP contribution in [0.3, 0.4) is 0 Å². The average Bonchev–Trinajstić information content (AvgIpc) is 2.25. The van der Waals surface area contributed by atoms with Crippen LogP contribution in [-0.4, -0.2) is 35.1 Å². The van der Waals surface area contributed by atoms with Crippen LogP contribution in [0.2, 0.25) is 0 Å². The molecule has 0 aliphatic carbocycles. The second kappa shape index (κ2) is 6.33. The standard InChI is InChI=1S/C10H16BrN3S/c1-8(4-5-15-3)14(2)10-9(11)6-12-7-13-10/h6-8H,4-5H2,1-3H3. The highest BCUT2D eigenvalue weighted by Gasteiger charge is 2.13. The minimum atomic E-state index is 0.489. The fourth-order valence-corrected chi connectivity index (χ4v) is 2.33. The molecule has 5 heteroatoms. The van der Waals surface area contributed by atoms with E-state index in [1.165, 1.54) is 5.75 Å². The van der Waals surface area contributed by atoms with Crippen molar-refractivity contribution in [1.82, 2.24) is 9.97 Å². The van der Waals surface area contributed by atoms with Crippen molar-refractivity contribution in [2.75, 3.05) is 24.0 Å². The largest absolute Gasteiger partial charge is 0.356 e. The molecule has 0 saturated heterocycles. The Hall–Kier alpha value is -0.290. The second-order valence-electron chi connectivity index (χ2n) is 3.44. The lowest BCUT2D eigenvalue weighted by atomic mass is 10.2. The number of hydrogen-bond acceptors (Lipinski definition) is 4. The smallest absolute Gasteiger partial charge is 0.146 e. The van der Waals surface area contributed by atoms with Gasteiger partial charge in [-0.15, -0.1) is 0 Å². The Morgan fingerprint density at radius 1 is 1.60 bits per heavy atom. The predicted octanol–water partition coefficient (Wildman–Crippen LogP) is 2.82. The van der Waals surface area contributed by atoms with Crippen LogP contribution in [0.4, 0.5) is 5.82 Å². The molecule has 1 rings (SSSR count). The van der Waals surface area contributed by atoms with Crippen LogP contribution in [0, 0.1) is 0 Å². The molecule has 84 valence electrons. The Labute approximate surface area is 104 Å². The van der Waals surface area contributed by atoms with Gasteiger partial charge in [0.05, 0.1) is 4.47 Å². The molecule has 1 unspecified atom stereocenters. The lowest BCUT2D eigenvalue weighted by Gasteiger charge is -2.26. The molecular weight excluding hydrogens is 274 g/mol. The lowest BCUT2D eigenvalue weighted by molar-refractivity contribution is 0.660. The maximum Gasteiger partial charge on any atom is 0.146 e. The fraction of sp³-hybridized carbons (Fsp3) is 0.600. The van der Waals surface area contributed by atoms with Crippen LogP contribution in [0.5, 0.6) is 0 Å². The van der Waals surface area contributed by atoms with Gasteiger partial charge in [0.25, 0.3) is 0 Å². The summed E-state index contributed by atoms with van der Waals surface area (Å²) in [5.41, 5.74) is 0. The zero-order valence-corrected chi connectivity index (χ0v) is 11.7. The molecule has 0 aromatic carbocycles. The summed E-state index contributed by atoms with van der Waals surface area (Å²) in [6, 6.07) is 0.489. The number of thioether (sulfide) groups is 1. The van der Waals surface area contributed by atoms with Crippen molar-refractivity contribution >= 4 is 33.5 Å². The molecule has 0 spiro atoms. The second-order valence-corrected chi connectivity index (χ2v) is 5.28. The molecule has 1 heterocycles. The summed E-state index contributed by atoms with van der Waals surface area (Å²) in [7, 11) is 2.07. The summed E-state index contributed by atoms with van der Waals surface area (Å²) in [6.07, 6.45) is 6.65. The SMILES string of the molecule is CSCCC(C)N(C)c1ncncc1Br. The molecule has 0 bridgehead atoms. The molecule has 1 aromatic rings. The molecule has 0 N–H and O–H groups in total. The van der Waals surface area contributed by atoms with Crippen LogP contribution in [0.15, 0.2) is 17.0 Å². The molecular formula is C10H16BrN3S. The first-order chi connectivity index (χ1) is 7.16. The molecule has 15 heavy (non-hydrogen) atoms. The van der Waals surface area contributed by atoms with Crippen molar-refractivity contribution in [1.29, 1.82) is 0 Å². The van der Waals surface area contributed by atoms with Gasteiger partial charge in [0.2, 0.25) is 0 Å².